The van der Waals surface area contributed by atoms with Crippen LogP contribution in [0.15, 0.2) is 30.3 Å². The molecule has 2 rings (SSSR count). The fourth-order valence-electron chi connectivity index (χ4n) is 2.30. The molecule has 1 unspecified atom stereocenters. The van der Waals surface area contributed by atoms with Crippen molar-refractivity contribution in [1.29, 1.82) is 0 Å². The largest absolute Gasteiger partial charge is 0.348 e. The lowest BCUT2D eigenvalue weighted by Crippen LogP contribution is -2.12. The normalized spacial score (nSPS) is 12.5. The van der Waals surface area contributed by atoms with Crippen molar-refractivity contribution in [3.63, 3.8) is 0 Å². The molecule has 2 aromatic rings. The van der Waals surface area contributed by atoms with Gasteiger partial charge in [0.2, 0.25) is 5.95 Å². The van der Waals surface area contributed by atoms with Gasteiger partial charge in [0.25, 0.3) is 0 Å². The molecule has 1 atom stereocenters. The van der Waals surface area contributed by atoms with Crippen LogP contribution in [0.3, 0.4) is 0 Å². The molecule has 0 saturated carbocycles. The Hall–Kier alpha value is -1.90. The quantitative estimate of drug-likeness (QED) is 0.894. The number of aryl methyl sites for hydroxylation is 2. The summed E-state index contributed by atoms with van der Waals surface area (Å²) in [7, 11) is 0. The zero-order valence-electron chi connectivity index (χ0n) is 12.9. The summed E-state index contributed by atoms with van der Waals surface area (Å²) in [6, 6.07) is 10.6. The lowest BCUT2D eigenvalue weighted by molar-refractivity contribution is 0.792. The third-order valence-electron chi connectivity index (χ3n) is 3.47. The molecule has 3 nitrogen and oxygen atoms in total. The van der Waals surface area contributed by atoms with Gasteiger partial charge >= 0.3 is 0 Å². The van der Waals surface area contributed by atoms with Gasteiger partial charge in [-0.15, -0.1) is 0 Å². The Labute approximate surface area is 121 Å². The van der Waals surface area contributed by atoms with E-state index in [0.717, 1.165) is 11.4 Å². The van der Waals surface area contributed by atoms with E-state index in [2.05, 4.69) is 67.2 Å². The number of hydrogen-bond acceptors (Lipinski definition) is 3. The molecule has 1 N–H and O–H groups in total. The molecule has 0 amide bonds. The Morgan fingerprint density at radius 2 is 1.70 bits per heavy atom. The molecule has 0 saturated heterocycles. The van der Waals surface area contributed by atoms with Crippen LogP contribution in [0.5, 0.6) is 0 Å². The number of rotatable bonds is 4. The standard InChI is InChI=1S/C17H23N3/c1-11(2)16-10-13(4)18-17(20-16)19-14(5)15-9-7-6-8-12(15)3/h6-11,14H,1-5H3,(H,18,19,20). The average molecular weight is 269 g/mol. The first-order chi connectivity index (χ1) is 9.47. The van der Waals surface area contributed by atoms with Crippen LogP contribution in [0.1, 0.15) is 55.2 Å². The second-order valence-electron chi connectivity index (χ2n) is 5.64. The SMILES string of the molecule is Cc1cc(C(C)C)nc(NC(C)c2ccccc2C)n1. The van der Waals surface area contributed by atoms with Gasteiger partial charge in [-0.25, -0.2) is 9.97 Å². The van der Waals surface area contributed by atoms with Crippen LogP contribution in [0.2, 0.25) is 0 Å². The first-order valence-electron chi connectivity index (χ1n) is 7.15. The van der Waals surface area contributed by atoms with Gasteiger partial charge < -0.3 is 5.32 Å². The summed E-state index contributed by atoms with van der Waals surface area (Å²) in [5.41, 5.74) is 4.65. The zero-order valence-corrected chi connectivity index (χ0v) is 12.9. The van der Waals surface area contributed by atoms with Crippen molar-refractivity contribution in [2.45, 2.75) is 46.6 Å². The Kier molecular flexibility index (Phi) is 4.38. The molecule has 0 aliphatic heterocycles. The van der Waals surface area contributed by atoms with Gasteiger partial charge in [0.05, 0.1) is 6.04 Å². The van der Waals surface area contributed by atoms with E-state index in [-0.39, 0.29) is 6.04 Å². The first kappa shape index (κ1) is 14.5. The molecule has 0 spiro atoms. The molecule has 1 heterocycles. The van der Waals surface area contributed by atoms with E-state index in [1.165, 1.54) is 11.1 Å². The topological polar surface area (TPSA) is 37.8 Å². The predicted octanol–water partition coefficient (Wildman–Crippen LogP) is 4.39. The zero-order chi connectivity index (χ0) is 14.7. The van der Waals surface area contributed by atoms with Gasteiger partial charge in [0, 0.05) is 11.4 Å². The Balaban J connectivity index is 2.24. The van der Waals surface area contributed by atoms with E-state index < -0.39 is 0 Å². The summed E-state index contributed by atoms with van der Waals surface area (Å²) in [5, 5.41) is 3.41. The molecule has 0 radical (unpaired) electrons. The Morgan fingerprint density at radius 1 is 1.00 bits per heavy atom. The third-order valence-corrected chi connectivity index (χ3v) is 3.47. The molecular formula is C17H23N3. The highest BCUT2D eigenvalue weighted by Gasteiger charge is 2.11. The summed E-state index contributed by atoms with van der Waals surface area (Å²) in [4.78, 5) is 9.10. The summed E-state index contributed by atoms with van der Waals surface area (Å²) in [5.74, 6) is 1.12. The van der Waals surface area contributed by atoms with E-state index in [9.17, 15) is 0 Å². The fourth-order valence-corrected chi connectivity index (χ4v) is 2.30. The lowest BCUT2D eigenvalue weighted by atomic mass is 10.0. The molecule has 3 heteroatoms. The highest BCUT2D eigenvalue weighted by Crippen LogP contribution is 2.21. The van der Waals surface area contributed by atoms with Crippen LogP contribution in [0, 0.1) is 13.8 Å². The minimum Gasteiger partial charge on any atom is -0.348 e. The number of hydrogen-bond donors (Lipinski definition) is 1. The van der Waals surface area contributed by atoms with E-state index in [1.807, 2.05) is 13.0 Å². The molecule has 0 bridgehead atoms. The first-order valence-corrected chi connectivity index (χ1v) is 7.15. The fraction of sp³-hybridized carbons (Fsp3) is 0.412. The van der Waals surface area contributed by atoms with E-state index in [4.69, 9.17) is 0 Å². The number of benzene rings is 1. The van der Waals surface area contributed by atoms with E-state index >= 15 is 0 Å². The van der Waals surface area contributed by atoms with Gasteiger partial charge in [-0.05, 0) is 43.9 Å². The van der Waals surface area contributed by atoms with Crippen LogP contribution in [0.25, 0.3) is 0 Å². The number of nitrogens with one attached hydrogen (secondary N) is 1. The summed E-state index contributed by atoms with van der Waals surface area (Å²) >= 11 is 0. The smallest absolute Gasteiger partial charge is 0.223 e. The van der Waals surface area contributed by atoms with Gasteiger partial charge in [-0.3, -0.25) is 0 Å². The monoisotopic (exact) mass is 269 g/mol. The minimum absolute atomic E-state index is 0.193. The molecular weight excluding hydrogens is 246 g/mol. The van der Waals surface area contributed by atoms with Crippen molar-refractivity contribution in [3.8, 4) is 0 Å². The second-order valence-corrected chi connectivity index (χ2v) is 5.64. The summed E-state index contributed by atoms with van der Waals surface area (Å²) in [6.45, 7) is 10.6. The summed E-state index contributed by atoms with van der Waals surface area (Å²) in [6.07, 6.45) is 0. The average Bonchev–Trinajstić information content (AvgIpc) is 2.38. The number of anilines is 1. The van der Waals surface area contributed by atoms with Gasteiger partial charge in [-0.1, -0.05) is 38.1 Å². The molecule has 0 aliphatic rings. The highest BCUT2D eigenvalue weighted by molar-refractivity contribution is 5.37. The van der Waals surface area contributed by atoms with Crippen LogP contribution in [0.4, 0.5) is 5.95 Å². The molecule has 0 aliphatic carbocycles. The Bertz CT molecular complexity index is 591. The van der Waals surface area contributed by atoms with Crippen LogP contribution < -0.4 is 5.32 Å². The molecule has 1 aromatic heterocycles. The summed E-state index contributed by atoms with van der Waals surface area (Å²) < 4.78 is 0. The molecule has 0 fully saturated rings. The van der Waals surface area contributed by atoms with Gasteiger partial charge in [0.15, 0.2) is 0 Å². The van der Waals surface area contributed by atoms with Crippen molar-refractivity contribution in [2.75, 3.05) is 5.32 Å². The van der Waals surface area contributed by atoms with Crippen molar-refractivity contribution < 1.29 is 0 Å². The van der Waals surface area contributed by atoms with Gasteiger partial charge in [-0.2, -0.15) is 0 Å². The van der Waals surface area contributed by atoms with Crippen LogP contribution >= 0.6 is 0 Å². The number of nitrogens with zero attached hydrogens (tertiary/aromatic N) is 2. The van der Waals surface area contributed by atoms with Crippen molar-refractivity contribution >= 4 is 5.95 Å². The highest BCUT2D eigenvalue weighted by atomic mass is 15.1. The molecule has 106 valence electrons. The number of aromatic nitrogens is 2. The maximum atomic E-state index is 4.61. The Morgan fingerprint density at radius 3 is 2.35 bits per heavy atom. The minimum atomic E-state index is 0.193. The third kappa shape index (κ3) is 3.35. The van der Waals surface area contributed by atoms with Crippen molar-refractivity contribution in [1.82, 2.24) is 9.97 Å². The van der Waals surface area contributed by atoms with E-state index in [0.29, 0.717) is 11.9 Å². The predicted molar refractivity (Wildman–Crippen MR) is 84.1 cm³/mol. The van der Waals surface area contributed by atoms with Gasteiger partial charge in [0.1, 0.15) is 0 Å². The van der Waals surface area contributed by atoms with Crippen LogP contribution in [-0.2, 0) is 0 Å². The molecule has 20 heavy (non-hydrogen) atoms. The van der Waals surface area contributed by atoms with Crippen molar-refractivity contribution in [3.05, 3.63) is 52.8 Å². The maximum absolute atomic E-state index is 4.61. The van der Waals surface area contributed by atoms with Crippen LogP contribution in [-0.4, -0.2) is 9.97 Å². The molecule has 1 aromatic carbocycles. The lowest BCUT2D eigenvalue weighted by Gasteiger charge is -2.17. The second kappa shape index (κ2) is 6.04. The van der Waals surface area contributed by atoms with Crippen molar-refractivity contribution in [2.24, 2.45) is 0 Å². The van der Waals surface area contributed by atoms with E-state index in [1.54, 1.807) is 0 Å². The maximum Gasteiger partial charge on any atom is 0.223 e.